The number of nitrogens with zero attached hydrogens (tertiary/aromatic N) is 2. The fraction of sp³-hybridized carbons (Fsp3) is 0.310. The van der Waals surface area contributed by atoms with Gasteiger partial charge in [0.2, 0.25) is 5.91 Å². The number of benzene rings is 2. The second-order valence-electron chi connectivity index (χ2n) is 9.89. The molecule has 1 aliphatic rings. The van der Waals surface area contributed by atoms with Crippen LogP contribution in [0.15, 0.2) is 77.1 Å². The standard InChI is InChI=1S/C29H31BrN2O2S/c1-5-16-31(28(34)21-8-12-23(30)13-9-21)19-26(33)32-17-14-25-24(15-18-35-25)27(32)20-6-10-22(11-7-20)29(2,3)4/h5-13,15,18,27H,1,14,16-17,19H2,2-4H3. The van der Waals surface area contributed by atoms with E-state index < -0.39 is 0 Å². The van der Waals surface area contributed by atoms with Crippen molar-refractivity contribution in [3.05, 3.63) is 104 Å². The lowest BCUT2D eigenvalue weighted by Crippen LogP contribution is -2.46. The predicted molar refractivity (Wildman–Crippen MR) is 147 cm³/mol. The molecular weight excluding hydrogens is 520 g/mol. The summed E-state index contributed by atoms with van der Waals surface area (Å²) in [5.41, 5.74) is 4.16. The molecular formula is C29H31BrN2O2S. The lowest BCUT2D eigenvalue weighted by atomic mass is 9.85. The summed E-state index contributed by atoms with van der Waals surface area (Å²) in [5, 5.41) is 2.11. The molecule has 1 aliphatic heterocycles. The van der Waals surface area contributed by atoms with E-state index in [-0.39, 0.29) is 29.8 Å². The summed E-state index contributed by atoms with van der Waals surface area (Å²) in [4.78, 5) is 31.7. The lowest BCUT2D eigenvalue weighted by molar-refractivity contribution is -0.133. The van der Waals surface area contributed by atoms with Crippen molar-refractivity contribution in [1.82, 2.24) is 9.80 Å². The highest BCUT2D eigenvalue weighted by Gasteiger charge is 2.34. The Bertz CT molecular complexity index is 1210. The van der Waals surface area contributed by atoms with Crippen LogP contribution < -0.4 is 0 Å². The monoisotopic (exact) mass is 550 g/mol. The molecule has 0 radical (unpaired) electrons. The molecule has 2 heterocycles. The predicted octanol–water partition coefficient (Wildman–Crippen LogP) is 6.61. The number of fused-ring (bicyclic) bond motifs is 1. The molecule has 4 rings (SSSR count). The Morgan fingerprint density at radius 3 is 2.43 bits per heavy atom. The summed E-state index contributed by atoms with van der Waals surface area (Å²) in [7, 11) is 0. The van der Waals surface area contributed by atoms with Crippen LogP contribution in [0.1, 0.15) is 58.7 Å². The van der Waals surface area contributed by atoms with Crippen LogP contribution in [0.2, 0.25) is 0 Å². The average molecular weight is 552 g/mol. The molecule has 6 heteroatoms. The van der Waals surface area contributed by atoms with Gasteiger partial charge in [0.15, 0.2) is 0 Å². The molecule has 182 valence electrons. The highest BCUT2D eigenvalue weighted by atomic mass is 79.9. The van der Waals surface area contributed by atoms with Crippen molar-refractivity contribution in [2.75, 3.05) is 19.6 Å². The van der Waals surface area contributed by atoms with Gasteiger partial charge in [0, 0.05) is 28.0 Å². The summed E-state index contributed by atoms with van der Waals surface area (Å²) >= 11 is 5.16. The highest BCUT2D eigenvalue weighted by Crippen LogP contribution is 2.38. The van der Waals surface area contributed by atoms with Crippen LogP contribution in [-0.2, 0) is 16.6 Å². The Kier molecular flexibility index (Phi) is 7.62. The van der Waals surface area contributed by atoms with Crippen molar-refractivity contribution in [3.8, 4) is 0 Å². The molecule has 1 atom stereocenters. The number of halogens is 1. The van der Waals surface area contributed by atoms with Gasteiger partial charge in [0.1, 0.15) is 6.54 Å². The van der Waals surface area contributed by atoms with Gasteiger partial charge >= 0.3 is 0 Å². The zero-order chi connectivity index (χ0) is 25.2. The number of hydrogen-bond donors (Lipinski definition) is 0. The van der Waals surface area contributed by atoms with Gasteiger partial charge in [0.25, 0.3) is 5.91 Å². The Hall–Kier alpha value is -2.70. The van der Waals surface area contributed by atoms with Crippen LogP contribution in [0.5, 0.6) is 0 Å². The third-order valence-electron chi connectivity index (χ3n) is 6.43. The fourth-order valence-corrected chi connectivity index (χ4v) is 5.68. The third kappa shape index (κ3) is 5.60. The first-order chi connectivity index (χ1) is 16.7. The zero-order valence-corrected chi connectivity index (χ0v) is 22.9. The van der Waals surface area contributed by atoms with Gasteiger partial charge in [-0.15, -0.1) is 17.9 Å². The average Bonchev–Trinajstić information content (AvgIpc) is 3.31. The molecule has 0 fully saturated rings. The van der Waals surface area contributed by atoms with Crippen LogP contribution in [0, 0.1) is 0 Å². The van der Waals surface area contributed by atoms with Crippen molar-refractivity contribution in [2.24, 2.45) is 0 Å². The van der Waals surface area contributed by atoms with E-state index >= 15 is 0 Å². The first-order valence-electron chi connectivity index (χ1n) is 11.8. The van der Waals surface area contributed by atoms with Crippen molar-refractivity contribution in [1.29, 1.82) is 0 Å². The number of amides is 2. The first kappa shape index (κ1) is 25.4. The summed E-state index contributed by atoms with van der Waals surface area (Å²) in [5.74, 6) is -0.232. The molecule has 0 spiro atoms. The zero-order valence-electron chi connectivity index (χ0n) is 20.5. The summed E-state index contributed by atoms with van der Waals surface area (Å²) in [6.45, 7) is 11.4. The van der Waals surface area contributed by atoms with Crippen molar-refractivity contribution in [3.63, 3.8) is 0 Å². The number of hydrogen-bond acceptors (Lipinski definition) is 3. The molecule has 3 aromatic rings. The molecule has 0 saturated carbocycles. The van der Waals surface area contributed by atoms with Crippen LogP contribution in [0.25, 0.3) is 0 Å². The van der Waals surface area contributed by atoms with Gasteiger partial charge in [-0.05, 0) is 64.2 Å². The van der Waals surface area contributed by atoms with Crippen molar-refractivity contribution in [2.45, 2.75) is 38.6 Å². The Balaban J connectivity index is 1.62. The van der Waals surface area contributed by atoms with Gasteiger partial charge in [-0.2, -0.15) is 0 Å². The topological polar surface area (TPSA) is 40.6 Å². The normalized spacial score (nSPS) is 15.4. The van der Waals surface area contributed by atoms with E-state index in [4.69, 9.17) is 0 Å². The number of carbonyl (C=O) groups excluding carboxylic acids is 2. The Labute approximate surface area is 220 Å². The van der Waals surface area contributed by atoms with Gasteiger partial charge in [-0.1, -0.05) is 67.0 Å². The minimum atomic E-state index is -0.176. The lowest BCUT2D eigenvalue weighted by Gasteiger charge is -2.37. The maximum atomic E-state index is 13.7. The van der Waals surface area contributed by atoms with Crippen LogP contribution in [0.4, 0.5) is 0 Å². The smallest absolute Gasteiger partial charge is 0.254 e. The molecule has 2 amide bonds. The minimum absolute atomic E-state index is 0.0109. The van der Waals surface area contributed by atoms with Crippen LogP contribution in [-0.4, -0.2) is 41.2 Å². The second kappa shape index (κ2) is 10.5. The number of rotatable bonds is 6. The SMILES string of the molecule is C=CCN(CC(=O)N1CCc2sccc2C1c1ccc(C(C)(C)C)cc1)C(=O)c1ccc(Br)cc1. The molecule has 0 N–H and O–H groups in total. The van der Waals surface area contributed by atoms with Crippen molar-refractivity contribution < 1.29 is 9.59 Å². The van der Waals surface area contributed by atoms with Gasteiger partial charge < -0.3 is 9.80 Å². The van der Waals surface area contributed by atoms with Crippen molar-refractivity contribution >= 4 is 39.1 Å². The molecule has 1 aromatic heterocycles. The van der Waals surface area contributed by atoms with E-state index in [1.807, 2.05) is 17.0 Å². The van der Waals surface area contributed by atoms with E-state index in [2.05, 4.69) is 79.0 Å². The molecule has 0 saturated heterocycles. The van der Waals surface area contributed by atoms with Gasteiger partial charge in [-0.3, -0.25) is 9.59 Å². The quantitative estimate of drug-likeness (QED) is 0.324. The van der Waals surface area contributed by atoms with E-state index in [0.717, 1.165) is 16.5 Å². The second-order valence-corrected chi connectivity index (χ2v) is 11.8. The molecule has 0 bridgehead atoms. The highest BCUT2D eigenvalue weighted by molar-refractivity contribution is 9.10. The van der Waals surface area contributed by atoms with Gasteiger partial charge in [0.05, 0.1) is 6.04 Å². The van der Waals surface area contributed by atoms with E-state index in [1.54, 1.807) is 34.4 Å². The largest absolute Gasteiger partial charge is 0.330 e. The summed E-state index contributed by atoms with van der Waals surface area (Å²) in [6.07, 6.45) is 2.50. The number of carbonyl (C=O) groups is 2. The van der Waals surface area contributed by atoms with Gasteiger partial charge in [-0.25, -0.2) is 0 Å². The minimum Gasteiger partial charge on any atom is -0.330 e. The molecule has 35 heavy (non-hydrogen) atoms. The molecule has 4 nitrogen and oxygen atoms in total. The Morgan fingerprint density at radius 1 is 1.11 bits per heavy atom. The van der Waals surface area contributed by atoms with Crippen LogP contribution >= 0.6 is 27.3 Å². The summed E-state index contributed by atoms with van der Waals surface area (Å²) < 4.78 is 0.903. The molecule has 0 aliphatic carbocycles. The Morgan fingerprint density at radius 2 is 1.80 bits per heavy atom. The maximum absolute atomic E-state index is 13.7. The van der Waals surface area contributed by atoms with E-state index in [0.29, 0.717) is 18.7 Å². The van der Waals surface area contributed by atoms with E-state index in [1.165, 1.54) is 16.0 Å². The summed E-state index contributed by atoms with van der Waals surface area (Å²) in [6, 6.07) is 17.8. The van der Waals surface area contributed by atoms with E-state index in [9.17, 15) is 9.59 Å². The third-order valence-corrected chi connectivity index (χ3v) is 7.96. The maximum Gasteiger partial charge on any atom is 0.254 e. The molecule has 2 aromatic carbocycles. The number of thiophene rings is 1. The first-order valence-corrected chi connectivity index (χ1v) is 13.5. The fourth-order valence-electron chi connectivity index (χ4n) is 4.51. The van der Waals surface area contributed by atoms with Crippen LogP contribution in [0.3, 0.4) is 0 Å². The molecule has 1 unspecified atom stereocenters.